The van der Waals surface area contributed by atoms with Gasteiger partial charge < -0.3 is 5.73 Å². The van der Waals surface area contributed by atoms with E-state index in [9.17, 15) is 0 Å². The summed E-state index contributed by atoms with van der Waals surface area (Å²) >= 11 is 0. The zero-order chi connectivity index (χ0) is 6.53. The summed E-state index contributed by atoms with van der Waals surface area (Å²) in [6.07, 6.45) is 9.10. The molecule has 0 spiro atoms. The maximum atomic E-state index is 3.84. The molecule has 1 nitrogen and oxygen atoms in total. The first-order valence-electron chi connectivity index (χ1n) is 3.90. The third-order valence-corrected chi connectivity index (χ3v) is 1.88. The fourth-order valence-corrected chi connectivity index (χ4v) is 1.36. The molecule has 9 heavy (non-hydrogen) atoms. The lowest BCUT2D eigenvalue weighted by molar-refractivity contribution is -0.366. The van der Waals surface area contributed by atoms with Gasteiger partial charge in [-0.05, 0) is 25.7 Å². The molecule has 52 valence electrons. The molecule has 0 unspecified atom stereocenters. The Bertz CT molecular complexity index is 105. The standard InChI is InChI=1S/C8H15N/c9-7-6-8-4-2-1-3-5-8/h4H,1-3,5-7,9H2/p+1. The van der Waals surface area contributed by atoms with Gasteiger partial charge in [0, 0.05) is 6.42 Å². The fraction of sp³-hybridized carbons (Fsp3) is 0.750. The first-order chi connectivity index (χ1) is 4.43. The van der Waals surface area contributed by atoms with Gasteiger partial charge in [-0.25, -0.2) is 0 Å². The Labute approximate surface area is 56.9 Å². The third kappa shape index (κ3) is 2.19. The topological polar surface area (TPSA) is 27.6 Å². The van der Waals surface area contributed by atoms with Crippen molar-refractivity contribution in [2.24, 2.45) is 0 Å². The van der Waals surface area contributed by atoms with Gasteiger partial charge in [0.1, 0.15) is 0 Å². The van der Waals surface area contributed by atoms with Crippen molar-refractivity contribution in [1.82, 2.24) is 0 Å². The molecule has 0 fully saturated rings. The monoisotopic (exact) mass is 126 g/mol. The molecule has 0 aliphatic heterocycles. The van der Waals surface area contributed by atoms with Gasteiger partial charge >= 0.3 is 0 Å². The molecule has 0 radical (unpaired) electrons. The molecule has 0 aromatic rings. The number of quaternary nitrogens is 1. The van der Waals surface area contributed by atoms with Crippen LogP contribution in [0.25, 0.3) is 0 Å². The Morgan fingerprint density at radius 2 is 2.33 bits per heavy atom. The molecular formula is C8H16N+. The van der Waals surface area contributed by atoms with Crippen LogP contribution in [0.4, 0.5) is 0 Å². The van der Waals surface area contributed by atoms with Gasteiger partial charge in [0.05, 0.1) is 6.54 Å². The highest BCUT2D eigenvalue weighted by Crippen LogP contribution is 2.18. The van der Waals surface area contributed by atoms with Crippen LogP contribution in [0.5, 0.6) is 0 Å². The molecule has 0 saturated carbocycles. The van der Waals surface area contributed by atoms with E-state index in [4.69, 9.17) is 0 Å². The predicted octanol–water partition coefficient (Wildman–Crippen LogP) is 1.12. The average molecular weight is 126 g/mol. The number of hydrogen-bond acceptors (Lipinski definition) is 0. The highest BCUT2D eigenvalue weighted by molar-refractivity contribution is 5.04. The Balaban J connectivity index is 2.28. The molecular weight excluding hydrogens is 110 g/mol. The molecule has 0 heterocycles. The summed E-state index contributed by atoms with van der Waals surface area (Å²) in [5.74, 6) is 0. The van der Waals surface area contributed by atoms with Crippen LogP contribution < -0.4 is 5.73 Å². The van der Waals surface area contributed by atoms with Crippen LogP contribution >= 0.6 is 0 Å². The largest absolute Gasteiger partial charge is 0.357 e. The minimum absolute atomic E-state index is 1.08. The van der Waals surface area contributed by atoms with E-state index >= 15 is 0 Å². The molecule has 0 bridgehead atoms. The van der Waals surface area contributed by atoms with E-state index in [2.05, 4.69) is 11.8 Å². The molecule has 0 amide bonds. The van der Waals surface area contributed by atoms with E-state index in [0.29, 0.717) is 0 Å². The van der Waals surface area contributed by atoms with E-state index < -0.39 is 0 Å². The van der Waals surface area contributed by atoms with Gasteiger partial charge in [0.25, 0.3) is 0 Å². The van der Waals surface area contributed by atoms with Gasteiger partial charge in [-0.15, -0.1) is 0 Å². The average Bonchev–Trinajstić information content (AvgIpc) is 1.91. The maximum absolute atomic E-state index is 3.84. The minimum atomic E-state index is 1.08. The quantitative estimate of drug-likeness (QED) is 0.537. The van der Waals surface area contributed by atoms with E-state index in [1.54, 1.807) is 5.57 Å². The lowest BCUT2D eigenvalue weighted by Crippen LogP contribution is -2.50. The Morgan fingerprint density at radius 1 is 1.44 bits per heavy atom. The first-order valence-corrected chi connectivity index (χ1v) is 3.90. The van der Waals surface area contributed by atoms with Crippen LogP contribution in [-0.2, 0) is 0 Å². The van der Waals surface area contributed by atoms with Crippen molar-refractivity contribution >= 4 is 0 Å². The Kier molecular flexibility index (Phi) is 2.78. The maximum Gasteiger partial charge on any atom is 0.0777 e. The van der Waals surface area contributed by atoms with Crippen molar-refractivity contribution in [2.75, 3.05) is 6.54 Å². The van der Waals surface area contributed by atoms with Crippen LogP contribution in [0.3, 0.4) is 0 Å². The number of hydrogen-bond donors (Lipinski definition) is 1. The summed E-state index contributed by atoms with van der Waals surface area (Å²) in [4.78, 5) is 0. The molecule has 1 rings (SSSR count). The van der Waals surface area contributed by atoms with E-state index in [1.165, 1.54) is 32.1 Å². The number of allylic oxidation sites excluding steroid dienone is 1. The number of rotatable bonds is 2. The van der Waals surface area contributed by atoms with Gasteiger partial charge in [0.15, 0.2) is 0 Å². The van der Waals surface area contributed by atoms with Crippen molar-refractivity contribution in [3.05, 3.63) is 11.6 Å². The summed E-state index contributed by atoms with van der Waals surface area (Å²) in [5.41, 5.74) is 5.49. The Hall–Kier alpha value is -0.300. The molecule has 1 aliphatic rings. The van der Waals surface area contributed by atoms with E-state index in [0.717, 1.165) is 6.54 Å². The first kappa shape index (κ1) is 6.81. The molecule has 3 N–H and O–H groups in total. The summed E-state index contributed by atoms with van der Waals surface area (Å²) < 4.78 is 0. The Morgan fingerprint density at radius 3 is 2.89 bits per heavy atom. The van der Waals surface area contributed by atoms with E-state index in [1.807, 2.05) is 0 Å². The van der Waals surface area contributed by atoms with Gasteiger partial charge in [0.2, 0.25) is 0 Å². The fourth-order valence-electron chi connectivity index (χ4n) is 1.36. The predicted molar refractivity (Wildman–Crippen MR) is 38.9 cm³/mol. The minimum Gasteiger partial charge on any atom is -0.357 e. The van der Waals surface area contributed by atoms with Crippen molar-refractivity contribution in [3.63, 3.8) is 0 Å². The smallest absolute Gasteiger partial charge is 0.0777 e. The summed E-state index contributed by atoms with van der Waals surface area (Å²) in [6.45, 7) is 1.08. The van der Waals surface area contributed by atoms with Crippen LogP contribution in [0, 0.1) is 0 Å². The highest BCUT2D eigenvalue weighted by Gasteiger charge is 2.01. The van der Waals surface area contributed by atoms with Crippen molar-refractivity contribution in [1.29, 1.82) is 0 Å². The second-order valence-electron chi connectivity index (χ2n) is 2.71. The normalized spacial score (nSPS) is 19.4. The van der Waals surface area contributed by atoms with E-state index in [-0.39, 0.29) is 0 Å². The molecule has 0 atom stereocenters. The molecule has 1 heteroatoms. The van der Waals surface area contributed by atoms with Gasteiger partial charge in [-0.1, -0.05) is 11.6 Å². The van der Waals surface area contributed by atoms with Crippen molar-refractivity contribution in [3.8, 4) is 0 Å². The molecule has 1 aliphatic carbocycles. The highest BCUT2D eigenvalue weighted by atomic mass is 14.5. The molecule has 0 aromatic heterocycles. The van der Waals surface area contributed by atoms with Crippen LogP contribution in [0.1, 0.15) is 32.1 Å². The molecule has 0 saturated heterocycles. The summed E-state index contributed by atoms with van der Waals surface area (Å²) in [7, 11) is 0. The lowest BCUT2D eigenvalue weighted by Gasteiger charge is -2.09. The van der Waals surface area contributed by atoms with Crippen LogP contribution in [-0.4, -0.2) is 6.54 Å². The van der Waals surface area contributed by atoms with Gasteiger partial charge in [-0.3, -0.25) is 0 Å². The molecule has 0 aromatic carbocycles. The van der Waals surface area contributed by atoms with Gasteiger partial charge in [-0.2, -0.15) is 0 Å². The summed E-state index contributed by atoms with van der Waals surface area (Å²) in [6, 6.07) is 0. The second kappa shape index (κ2) is 3.67. The SMILES string of the molecule is [NH3+]CCC1=CCCCC1. The third-order valence-electron chi connectivity index (χ3n) is 1.88. The van der Waals surface area contributed by atoms with Crippen molar-refractivity contribution < 1.29 is 5.73 Å². The van der Waals surface area contributed by atoms with Crippen LogP contribution in [0.2, 0.25) is 0 Å². The summed E-state index contributed by atoms with van der Waals surface area (Å²) in [5, 5.41) is 0. The second-order valence-corrected chi connectivity index (χ2v) is 2.71. The zero-order valence-corrected chi connectivity index (χ0v) is 6.03. The lowest BCUT2D eigenvalue weighted by atomic mass is 9.97. The van der Waals surface area contributed by atoms with Crippen LogP contribution in [0.15, 0.2) is 11.6 Å². The zero-order valence-electron chi connectivity index (χ0n) is 6.03. The van der Waals surface area contributed by atoms with Crippen molar-refractivity contribution in [2.45, 2.75) is 32.1 Å².